The summed E-state index contributed by atoms with van der Waals surface area (Å²) < 4.78 is 0. The first kappa shape index (κ1) is 25.7. The minimum atomic E-state index is -0.990. The maximum Gasteiger partial charge on any atom is 0.250 e. The minimum Gasteiger partial charge on any atom is -0.394 e. The molecule has 4 amide bonds. The van der Waals surface area contributed by atoms with E-state index in [1.807, 2.05) is 36.4 Å². The second-order valence-corrected chi connectivity index (χ2v) is 12.6. The topological polar surface area (TPSA) is 134 Å². The third-order valence-corrected chi connectivity index (χ3v) is 11.4. The van der Waals surface area contributed by atoms with Crippen molar-refractivity contribution in [2.45, 2.75) is 66.5 Å². The van der Waals surface area contributed by atoms with E-state index >= 15 is 0 Å². The molecular formula is C31H33N5O6. The Hall–Kier alpha value is -3.96. The van der Waals surface area contributed by atoms with Crippen molar-refractivity contribution in [2.75, 3.05) is 32.6 Å². The number of amides is 4. The average Bonchev–Trinajstić information content (AvgIpc) is 3.69. The maximum absolute atomic E-state index is 14.1. The highest BCUT2D eigenvalue weighted by Gasteiger charge is 2.78. The van der Waals surface area contributed by atoms with Crippen LogP contribution in [0.5, 0.6) is 0 Å². The summed E-state index contributed by atoms with van der Waals surface area (Å²) in [6, 6.07) is 12.1. The van der Waals surface area contributed by atoms with Gasteiger partial charge in [-0.25, -0.2) is 0 Å². The van der Waals surface area contributed by atoms with Crippen LogP contribution in [0, 0.1) is 0 Å². The molecule has 7 unspecified atom stereocenters. The first-order valence-corrected chi connectivity index (χ1v) is 14.6. The monoisotopic (exact) mass is 571 g/mol. The summed E-state index contributed by atoms with van der Waals surface area (Å²) in [5.74, 6) is -1.04. The highest BCUT2D eigenvalue weighted by Crippen LogP contribution is 2.69. The molecule has 5 aliphatic heterocycles. The van der Waals surface area contributed by atoms with Crippen LogP contribution >= 0.6 is 0 Å². The molecule has 11 nitrogen and oxygen atoms in total. The summed E-state index contributed by atoms with van der Waals surface area (Å²) in [5, 5.41) is 23.9. The van der Waals surface area contributed by atoms with E-state index in [1.165, 1.54) is 9.80 Å². The molecular weight excluding hydrogens is 538 g/mol. The number of piperazine rings is 2. The van der Waals surface area contributed by atoms with Crippen molar-refractivity contribution in [1.29, 1.82) is 0 Å². The van der Waals surface area contributed by atoms with Crippen LogP contribution in [0.2, 0.25) is 0 Å². The number of anilines is 1. The number of nitrogens with one attached hydrogen (secondary N) is 1. The Bertz CT molecular complexity index is 1460. The van der Waals surface area contributed by atoms with Gasteiger partial charge in [0.2, 0.25) is 23.6 Å². The molecule has 218 valence electrons. The zero-order valence-electron chi connectivity index (χ0n) is 23.4. The van der Waals surface area contributed by atoms with Gasteiger partial charge in [-0.3, -0.25) is 19.2 Å². The zero-order valence-corrected chi connectivity index (χ0v) is 23.4. The average molecular weight is 572 g/mol. The first-order valence-electron chi connectivity index (χ1n) is 14.6. The Morgan fingerprint density at radius 2 is 1.29 bits per heavy atom. The lowest BCUT2D eigenvalue weighted by Gasteiger charge is -2.49. The summed E-state index contributed by atoms with van der Waals surface area (Å²) in [5.41, 5.74) is 2.23. The van der Waals surface area contributed by atoms with E-state index in [1.54, 1.807) is 23.9 Å². The molecule has 0 spiro atoms. The van der Waals surface area contributed by atoms with Gasteiger partial charge < -0.3 is 35.1 Å². The molecule has 5 heterocycles. The Morgan fingerprint density at radius 3 is 1.95 bits per heavy atom. The van der Waals surface area contributed by atoms with Crippen molar-refractivity contribution >= 4 is 29.3 Å². The van der Waals surface area contributed by atoms with Gasteiger partial charge in [-0.1, -0.05) is 42.5 Å². The van der Waals surface area contributed by atoms with Crippen molar-refractivity contribution < 1.29 is 29.4 Å². The predicted octanol–water partition coefficient (Wildman–Crippen LogP) is -0.594. The Kier molecular flexibility index (Phi) is 5.10. The number of carbonyl (C=O) groups excluding carboxylic acids is 4. The van der Waals surface area contributed by atoms with Crippen LogP contribution in [0.4, 0.5) is 5.69 Å². The van der Waals surface area contributed by atoms with Crippen molar-refractivity contribution in [3.63, 3.8) is 0 Å². The Morgan fingerprint density at radius 1 is 0.738 bits per heavy atom. The number of hydrogen-bond donors (Lipinski definition) is 3. The van der Waals surface area contributed by atoms with Crippen molar-refractivity contribution in [1.82, 2.24) is 19.6 Å². The molecule has 6 aliphatic rings. The van der Waals surface area contributed by atoms with Crippen LogP contribution in [0.1, 0.15) is 29.5 Å². The summed E-state index contributed by atoms with van der Waals surface area (Å²) in [6.45, 7) is -0.954. The van der Waals surface area contributed by atoms with Gasteiger partial charge in [-0.15, -0.1) is 0 Å². The molecule has 2 aromatic rings. The number of hydrogen-bond acceptors (Lipinski definition) is 7. The molecule has 0 aromatic heterocycles. The smallest absolute Gasteiger partial charge is 0.250 e. The number of aliphatic hydroxyl groups excluding tert-OH is 2. The van der Waals surface area contributed by atoms with E-state index in [-0.39, 0.29) is 23.6 Å². The number of benzene rings is 2. The second-order valence-electron chi connectivity index (χ2n) is 12.6. The van der Waals surface area contributed by atoms with Crippen LogP contribution in [0.3, 0.4) is 0 Å². The van der Waals surface area contributed by atoms with Crippen molar-refractivity contribution in [3.05, 3.63) is 65.2 Å². The summed E-state index contributed by atoms with van der Waals surface area (Å²) >= 11 is 0. The standard InChI is InChI=1S/C31H33N5O6/c1-33-22(14-37)27(41)35-20(25(33)39)12-30(17-8-4-3-7-16(17)11-24(30)35)31-13-21-26(40)34(2)23(15-38)28(42)36(21)29(31)32-19-10-6-5-9-18(19)31/h3-10,20-24,29,32,37-38H,11-15H2,1-2H3/t20?,21?,22?,23?,24?,29?,30?,31-/m0/s1. The van der Waals surface area contributed by atoms with E-state index in [9.17, 15) is 29.4 Å². The molecule has 3 N–H and O–H groups in total. The molecule has 2 aromatic carbocycles. The van der Waals surface area contributed by atoms with Gasteiger partial charge in [-0.2, -0.15) is 0 Å². The minimum absolute atomic E-state index is 0.213. The van der Waals surface area contributed by atoms with Crippen LogP contribution in [0.15, 0.2) is 48.5 Å². The van der Waals surface area contributed by atoms with Gasteiger partial charge in [0.15, 0.2) is 0 Å². The lowest BCUT2D eigenvalue weighted by Crippen LogP contribution is -2.66. The lowest BCUT2D eigenvalue weighted by molar-refractivity contribution is -0.161. The van der Waals surface area contributed by atoms with Crippen LogP contribution < -0.4 is 5.32 Å². The SMILES string of the molecule is CN1C(=O)C2CC3([C@]45CC6C(=O)N(C)C(CO)C(=O)N6C4Nc4ccccc45)c4ccccc4CC3N2C(=O)C1CO. The number of para-hydroxylation sites is 1. The van der Waals surface area contributed by atoms with Gasteiger partial charge in [-0.05, 0) is 42.0 Å². The van der Waals surface area contributed by atoms with Gasteiger partial charge in [0.1, 0.15) is 30.3 Å². The Balaban J connectivity index is 1.41. The third-order valence-electron chi connectivity index (χ3n) is 11.4. The van der Waals surface area contributed by atoms with Gasteiger partial charge in [0.05, 0.1) is 18.6 Å². The number of fused-ring (bicyclic) bond motifs is 11. The summed E-state index contributed by atoms with van der Waals surface area (Å²) in [6.07, 6.45) is 0.527. The largest absolute Gasteiger partial charge is 0.394 e. The summed E-state index contributed by atoms with van der Waals surface area (Å²) in [7, 11) is 3.13. The number of nitrogens with zero attached hydrogens (tertiary/aromatic N) is 4. The lowest BCUT2D eigenvalue weighted by atomic mass is 9.53. The summed E-state index contributed by atoms with van der Waals surface area (Å²) in [4.78, 5) is 62.0. The molecule has 4 fully saturated rings. The normalized spacial score (nSPS) is 37.8. The second kappa shape index (κ2) is 8.32. The van der Waals surface area contributed by atoms with Gasteiger partial charge in [0.25, 0.3) is 0 Å². The highest BCUT2D eigenvalue weighted by atomic mass is 16.3. The number of rotatable bonds is 3. The van der Waals surface area contributed by atoms with Crippen LogP contribution in [-0.2, 0) is 36.4 Å². The molecule has 11 heteroatoms. The molecule has 8 atom stereocenters. The van der Waals surface area contributed by atoms with Crippen LogP contribution in [-0.4, -0.2) is 117 Å². The number of carbonyl (C=O) groups is 4. The van der Waals surface area contributed by atoms with Crippen LogP contribution in [0.25, 0.3) is 0 Å². The highest BCUT2D eigenvalue weighted by molar-refractivity contribution is 6.00. The van der Waals surface area contributed by atoms with Gasteiger partial charge in [0, 0.05) is 31.2 Å². The number of aliphatic hydroxyl groups is 2. The van der Waals surface area contributed by atoms with E-state index in [0.717, 1.165) is 22.4 Å². The maximum atomic E-state index is 14.1. The fourth-order valence-electron chi connectivity index (χ4n) is 9.67. The molecule has 1 aliphatic carbocycles. The fraction of sp³-hybridized carbons (Fsp3) is 0.484. The molecule has 0 saturated carbocycles. The van der Waals surface area contributed by atoms with E-state index in [2.05, 4.69) is 17.4 Å². The van der Waals surface area contributed by atoms with Crippen molar-refractivity contribution in [2.24, 2.45) is 0 Å². The molecule has 0 bridgehead atoms. The molecule has 42 heavy (non-hydrogen) atoms. The van der Waals surface area contributed by atoms with Crippen molar-refractivity contribution in [3.8, 4) is 0 Å². The quantitative estimate of drug-likeness (QED) is 0.448. The first-order chi connectivity index (χ1) is 20.2. The van der Waals surface area contributed by atoms with E-state index in [0.29, 0.717) is 19.3 Å². The zero-order chi connectivity index (χ0) is 29.3. The van der Waals surface area contributed by atoms with Gasteiger partial charge >= 0.3 is 0 Å². The Labute approximate surface area is 242 Å². The van der Waals surface area contributed by atoms with E-state index < -0.39 is 60.4 Å². The molecule has 4 saturated heterocycles. The molecule has 8 rings (SSSR count). The third kappa shape index (κ3) is 2.66. The van der Waals surface area contributed by atoms with E-state index in [4.69, 9.17) is 0 Å². The number of likely N-dealkylation sites (N-methyl/N-ethyl adjacent to an activating group) is 2. The fourth-order valence-corrected chi connectivity index (χ4v) is 9.67. The predicted molar refractivity (Wildman–Crippen MR) is 149 cm³/mol. The molecule has 0 radical (unpaired) electrons.